The summed E-state index contributed by atoms with van der Waals surface area (Å²) in [5.41, 5.74) is -2.38. The van der Waals surface area contributed by atoms with Gasteiger partial charge in [-0.2, -0.15) is 18.3 Å². The Labute approximate surface area is 137 Å². The van der Waals surface area contributed by atoms with E-state index >= 15 is 0 Å². The van der Waals surface area contributed by atoms with E-state index in [1.807, 2.05) is 11.4 Å². The van der Waals surface area contributed by atoms with E-state index in [4.69, 9.17) is 5.11 Å². The molecule has 1 atom stereocenters. The van der Waals surface area contributed by atoms with Crippen molar-refractivity contribution < 1.29 is 27.9 Å². The van der Waals surface area contributed by atoms with E-state index in [1.165, 1.54) is 17.4 Å². The van der Waals surface area contributed by atoms with Gasteiger partial charge in [-0.1, -0.05) is 6.07 Å². The molecular formula is C14H12F3N3O3S. The number of hydrogen-bond acceptors (Lipinski definition) is 4. The van der Waals surface area contributed by atoms with Gasteiger partial charge < -0.3 is 10.0 Å². The fourth-order valence-electron chi connectivity index (χ4n) is 2.66. The van der Waals surface area contributed by atoms with Gasteiger partial charge in [-0.05, 0) is 23.9 Å². The number of aliphatic carboxylic acids is 1. The molecule has 1 aliphatic heterocycles. The van der Waals surface area contributed by atoms with Crippen molar-refractivity contribution in [2.75, 3.05) is 13.1 Å². The van der Waals surface area contributed by atoms with Gasteiger partial charge in [-0.25, -0.2) is 0 Å². The molecule has 0 radical (unpaired) electrons. The van der Waals surface area contributed by atoms with Gasteiger partial charge in [-0.15, -0.1) is 11.3 Å². The second kappa shape index (κ2) is 5.62. The maximum Gasteiger partial charge on any atom is 0.406 e. The number of nitrogens with one attached hydrogen (secondary N) is 1. The number of H-pyrrole nitrogens is 1. The number of hydrogen-bond donors (Lipinski definition) is 2. The molecule has 1 fully saturated rings. The summed E-state index contributed by atoms with van der Waals surface area (Å²) >= 11 is 1.42. The Morgan fingerprint density at radius 1 is 1.42 bits per heavy atom. The Hall–Kier alpha value is -2.36. The van der Waals surface area contributed by atoms with Crippen LogP contribution in [-0.2, 0) is 4.79 Å². The van der Waals surface area contributed by atoms with Crippen LogP contribution in [0.1, 0.15) is 16.9 Å². The molecule has 6 nitrogen and oxygen atoms in total. The molecule has 1 amide bonds. The number of likely N-dealkylation sites (tertiary alicyclic amines) is 1. The van der Waals surface area contributed by atoms with Crippen LogP contribution in [0, 0.1) is 5.41 Å². The molecule has 0 bridgehead atoms. The van der Waals surface area contributed by atoms with Crippen molar-refractivity contribution in [3.63, 3.8) is 0 Å². The van der Waals surface area contributed by atoms with Gasteiger partial charge in [0.2, 0.25) is 0 Å². The van der Waals surface area contributed by atoms with Crippen molar-refractivity contribution in [3.05, 3.63) is 29.3 Å². The molecule has 1 unspecified atom stereocenters. The van der Waals surface area contributed by atoms with Crippen LogP contribution in [0.2, 0.25) is 0 Å². The lowest BCUT2D eigenvalue weighted by molar-refractivity contribution is -0.227. The van der Waals surface area contributed by atoms with Gasteiger partial charge in [0.1, 0.15) is 0 Å². The first kappa shape index (κ1) is 16.5. The predicted molar refractivity (Wildman–Crippen MR) is 78.5 cm³/mol. The monoisotopic (exact) mass is 359 g/mol. The van der Waals surface area contributed by atoms with Crippen molar-refractivity contribution in [2.24, 2.45) is 5.41 Å². The van der Waals surface area contributed by atoms with Crippen LogP contribution in [0.4, 0.5) is 13.2 Å². The Morgan fingerprint density at radius 3 is 2.71 bits per heavy atom. The van der Waals surface area contributed by atoms with Crippen molar-refractivity contribution in [2.45, 2.75) is 12.6 Å². The smallest absolute Gasteiger partial charge is 0.406 e. The standard InChI is InChI=1S/C14H12F3N3O3S/c15-14(16,17)13(12(22)23)3-4-20(7-13)11(21)9-6-8(18-19-9)10-2-1-5-24-10/h1-2,5-6H,3-4,7H2,(H,18,19)(H,22,23). The third-order valence-corrected chi connectivity index (χ3v) is 5.00. The number of aromatic nitrogens is 2. The number of carboxylic acids is 1. The van der Waals surface area contributed by atoms with Crippen molar-refractivity contribution in [1.29, 1.82) is 0 Å². The van der Waals surface area contributed by atoms with E-state index < -0.39 is 36.4 Å². The highest BCUT2D eigenvalue weighted by Gasteiger charge is 2.64. The highest BCUT2D eigenvalue weighted by Crippen LogP contribution is 2.46. The third-order valence-electron chi connectivity index (χ3n) is 4.09. The van der Waals surface area contributed by atoms with Crippen LogP contribution in [0.5, 0.6) is 0 Å². The number of rotatable bonds is 3. The fourth-order valence-corrected chi connectivity index (χ4v) is 3.35. The van der Waals surface area contributed by atoms with Gasteiger partial charge >= 0.3 is 12.1 Å². The zero-order chi connectivity index (χ0) is 17.5. The van der Waals surface area contributed by atoms with Crippen LogP contribution in [0.15, 0.2) is 23.6 Å². The summed E-state index contributed by atoms with van der Waals surface area (Å²) in [4.78, 5) is 25.2. The molecule has 1 aliphatic rings. The molecule has 24 heavy (non-hydrogen) atoms. The number of aromatic amines is 1. The Morgan fingerprint density at radius 2 is 2.17 bits per heavy atom. The SMILES string of the molecule is O=C(c1cc(-c2cccs2)[nH]n1)N1CCC(C(=O)O)(C(F)(F)F)C1. The number of alkyl halides is 3. The van der Waals surface area contributed by atoms with E-state index in [0.29, 0.717) is 5.69 Å². The molecule has 0 saturated carbocycles. The van der Waals surface area contributed by atoms with Gasteiger partial charge in [0.15, 0.2) is 11.1 Å². The molecule has 1 saturated heterocycles. The average molecular weight is 359 g/mol. The molecule has 2 N–H and O–H groups in total. The molecule has 0 spiro atoms. The summed E-state index contributed by atoms with van der Waals surface area (Å²) in [6.45, 7) is -1.20. The second-order valence-corrected chi connectivity index (χ2v) is 6.45. The lowest BCUT2D eigenvalue weighted by Crippen LogP contribution is -2.47. The normalized spacial score (nSPS) is 21.2. The first-order chi connectivity index (χ1) is 11.2. The lowest BCUT2D eigenvalue weighted by Gasteiger charge is -2.27. The third kappa shape index (κ3) is 2.56. The minimum atomic E-state index is -4.93. The number of carbonyl (C=O) groups excluding carboxylic acids is 1. The van der Waals surface area contributed by atoms with E-state index in [0.717, 1.165) is 9.78 Å². The minimum absolute atomic E-state index is 0.0400. The van der Waals surface area contributed by atoms with Crippen molar-refractivity contribution >= 4 is 23.2 Å². The first-order valence-corrected chi connectivity index (χ1v) is 7.81. The Kier molecular flexibility index (Phi) is 3.86. The number of amides is 1. The highest BCUT2D eigenvalue weighted by atomic mass is 32.1. The fraction of sp³-hybridized carbons (Fsp3) is 0.357. The van der Waals surface area contributed by atoms with Gasteiger partial charge in [0, 0.05) is 13.1 Å². The summed E-state index contributed by atoms with van der Waals surface area (Å²) in [7, 11) is 0. The highest BCUT2D eigenvalue weighted by molar-refractivity contribution is 7.13. The number of thiophene rings is 1. The molecule has 0 aromatic carbocycles. The van der Waals surface area contributed by atoms with Crippen molar-refractivity contribution in [3.8, 4) is 10.6 Å². The number of nitrogens with zero attached hydrogens (tertiary/aromatic N) is 2. The number of carbonyl (C=O) groups is 2. The lowest BCUT2D eigenvalue weighted by atomic mass is 9.86. The van der Waals surface area contributed by atoms with Gasteiger partial charge in [0.05, 0.1) is 10.6 Å². The van der Waals surface area contributed by atoms with Gasteiger partial charge in [0.25, 0.3) is 5.91 Å². The topological polar surface area (TPSA) is 86.3 Å². The summed E-state index contributed by atoms with van der Waals surface area (Å²) < 4.78 is 39.5. The molecule has 2 aromatic heterocycles. The molecule has 3 heterocycles. The van der Waals surface area contributed by atoms with Crippen LogP contribution in [0.3, 0.4) is 0 Å². The summed E-state index contributed by atoms with van der Waals surface area (Å²) in [6, 6.07) is 5.07. The molecule has 0 aliphatic carbocycles. The van der Waals surface area contributed by atoms with Crippen LogP contribution in [-0.4, -0.2) is 51.3 Å². The first-order valence-electron chi connectivity index (χ1n) is 6.93. The zero-order valence-corrected chi connectivity index (χ0v) is 12.9. The summed E-state index contributed by atoms with van der Waals surface area (Å²) in [5, 5.41) is 17.4. The van der Waals surface area contributed by atoms with Crippen LogP contribution in [0.25, 0.3) is 10.6 Å². The molecular weight excluding hydrogens is 347 g/mol. The van der Waals surface area contributed by atoms with Crippen LogP contribution >= 0.6 is 11.3 Å². The molecule has 10 heteroatoms. The molecule has 3 rings (SSSR count). The van der Waals surface area contributed by atoms with Gasteiger partial charge in [-0.3, -0.25) is 14.7 Å². The summed E-state index contributed by atoms with van der Waals surface area (Å²) in [6.07, 6.45) is -5.60. The number of carboxylic acid groups (broad SMARTS) is 1. The predicted octanol–water partition coefficient (Wildman–Crippen LogP) is 2.62. The van der Waals surface area contributed by atoms with Crippen molar-refractivity contribution in [1.82, 2.24) is 15.1 Å². The number of halogens is 3. The second-order valence-electron chi connectivity index (χ2n) is 5.51. The van der Waals surface area contributed by atoms with Crippen LogP contribution < -0.4 is 0 Å². The van der Waals surface area contributed by atoms with E-state index in [2.05, 4.69) is 10.2 Å². The minimum Gasteiger partial charge on any atom is -0.481 e. The zero-order valence-electron chi connectivity index (χ0n) is 12.1. The van der Waals surface area contributed by atoms with E-state index in [1.54, 1.807) is 6.07 Å². The van der Waals surface area contributed by atoms with E-state index in [9.17, 15) is 22.8 Å². The summed E-state index contributed by atoms with van der Waals surface area (Å²) in [5.74, 6) is -2.69. The maximum atomic E-state index is 13.2. The average Bonchev–Trinajstić information content (AvgIpc) is 3.24. The maximum absolute atomic E-state index is 13.2. The largest absolute Gasteiger partial charge is 0.481 e. The Bertz CT molecular complexity index is 772. The Balaban J connectivity index is 1.81. The molecule has 2 aromatic rings. The molecule has 128 valence electrons. The quantitative estimate of drug-likeness (QED) is 0.882. The van der Waals surface area contributed by atoms with E-state index in [-0.39, 0.29) is 12.2 Å².